The van der Waals surface area contributed by atoms with Crippen LogP contribution in [0.4, 0.5) is 15.1 Å². The lowest BCUT2D eigenvalue weighted by atomic mass is 10.2. The topological polar surface area (TPSA) is 114 Å². The second-order valence-electron chi connectivity index (χ2n) is 7.07. The van der Waals surface area contributed by atoms with E-state index in [9.17, 15) is 8.42 Å². The van der Waals surface area contributed by atoms with E-state index in [2.05, 4.69) is 14.9 Å². The first kappa shape index (κ1) is 25.9. The summed E-state index contributed by atoms with van der Waals surface area (Å²) in [6, 6.07) is 7.08. The number of anilines is 2. The Kier molecular flexibility index (Phi) is 8.89. The lowest BCUT2D eigenvalue weighted by Crippen LogP contribution is -2.31. The molecule has 0 amide bonds. The summed E-state index contributed by atoms with van der Waals surface area (Å²) in [4.78, 5) is -0.584. The van der Waals surface area contributed by atoms with Crippen molar-refractivity contribution in [2.75, 3.05) is 37.0 Å². The zero-order valence-electron chi connectivity index (χ0n) is 18.5. The summed E-state index contributed by atoms with van der Waals surface area (Å²) in [7, 11) is -1.44. The molecule has 0 saturated heterocycles. The molecule has 0 fully saturated rings. The van der Waals surface area contributed by atoms with Crippen molar-refractivity contribution < 1.29 is 27.4 Å². The van der Waals surface area contributed by atoms with Crippen molar-refractivity contribution in [3.8, 4) is 11.5 Å². The van der Waals surface area contributed by atoms with E-state index in [1.807, 2.05) is 0 Å². The third-order valence-corrected chi connectivity index (χ3v) is 7.79. The number of benzene rings is 2. The third kappa shape index (κ3) is 5.87. The van der Waals surface area contributed by atoms with Crippen LogP contribution in [-0.2, 0) is 16.6 Å². The Morgan fingerprint density at radius 3 is 2.65 bits per heavy atom. The van der Waals surface area contributed by atoms with Crippen molar-refractivity contribution in [2.45, 2.75) is 24.3 Å². The number of hydrogen-bond donors (Lipinski definition) is 2. The lowest BCUT2D eigenvalue weighted by Gasteiger charge is -2.24. The van der Waals surface area contributed by atoms with E-state index in [-0.39, 0.29) is 28.9 Å². The second kappa shape index (κ2) is 11.6. The number of halogens is 2. The first-order valence-electron chi connectivity index (χ1n) is 10.2. The zero-order valence-corrected chi connectivity index (χ0v) is 20.9. The molecule has 0 bridgehead atoms. The molecule has 0 saturated carbocycles. The highest BCUT2D eigenvalue weighted by Gasteiger charge is 2.31. The van der Waals surface area contributed by atoms with Crippen molar-refractivity contribution in [3.05, 3.63) is 52.9 Å². The van der Waals surface area contributed by atoms with E-state index in [1.165, 1.54) is 20.4 Å². The highest BCUT2D eigenvalue weighted by molar-refractivity contribution is 7.93. The number of sulfonamides is 1. The number of nitrogens with zero attached hydrogens (tertiary/aromatic N) is 3. The van der Waals surface area contributed by atoms with Crippen LogP contribution in [0.5, 0.6) is 11.5 Å². The molecule has 34 heavy (non-hydrogen) atoms. The first-order chi connectivity index (χ1) is 16.3. The van der Waals surface area contributed by atoms with E-state index >= 15 is 4.39 Å². The van der Waals surface area contributed by atoms with Crippen LogP contribution in [0, 0.1) is 5.82 Å². The van der Waals surface area contributed by atoms with Crippen LogP contribution in [0.15, 0.2) is 41.4 Å². The van der Waals surface area contributed by atoms with Gasteiger partial charge in [-0.2, -0.15) is 0 Å². The van der Waals surface area contributed by atoms with Gasteiger partial charge in [0.25, 0.3) is 10.0 Å². The molecule has 0 radical (unpaired) electrons. The van der Waals surface area contributed by atoms with E-state index in [4.69, 9.17) is 26.2 Å². The molecule has 13 heteroatoms. The molecule has 0 aliphatic rings. The number of aliphatic hydroxyl groups is 1. The number of methoxy groups -OCH3 is 2. The lowest BCUT2D eigenvalue weighted by molar-refractivity contribution is 0.286. The highest BCUT2D eigenvalue weighted by Crippen LogP contribution is 2.35. The zero-order chi connectivity index (χ0) is 24.7. The van der Waals surface area contributed by atoms with Crippen molar-refractivity contribution in [3.63, 3.8) is 0 Å². The molecule has 1 aromatic heterocycles. The molecule has 0 atom stereocenters. The van der Waals surface area contributed by atoms with Gasteiger partial charge in [0.15, 0.2) is 0 Å². The molecule has 0 unspecified atom stereocenters. The average molecular weight is 531 g/mol. The molecule has 3 aromatic rings. The fourth-order valence-corrected chi connectivity index (χ4v) is 5.65. The van der Waals surface area contributed by atoms with E-state index < -0.39 is 20.7 Å². The third-order valence-electron chi connectivity index (χ3n) is 4.89. The summed E-state index contributed by atoms with van der Waals surface area (Å²) < 4.78 is 57.6. The summed E-state index contributed by atoms with van der Waals surface area (Å²) in [6.07, 6.45) is 2.51. The Bertz CT molecular complexity index is 1210. The Labute approximate surface area is 206 Å². The predicted molar refractivity (Wildman–Crippen MR) is 129 cm³/mol. The standard InChI is InChI=1S/C21H24ClFN4O5S2/c1-31-15-6-5-14(19(9-15)32-2)13-27(21-12-25-26-33-21)34(29,30)20-10-16(22)18(11-17(20)23)24-7-3-4-8-28/h5-6,9-12,24,28H,3-4,7-8,13H2,1-2H3. The van der Waals surface area contributed by atoms with Crippen LogP contribution >= 0.6 is 23.1 Å². The van der Waals surface area contributed by atoms with Gasteiger partial charge in [-0.1, -0.05) is 16.1 Å². The molecule has 184 valence electrons. The maximum Gasteiger partial charge on any atom is 0.268 e. The molecule has 2 aromatic carbocycles. The molecule has 1 heterocycles. The SMILES string of the molecule is COc1ccc(CN(c2cnns2)S(=O)(=O)c2cc(Cl)c(NCCCCO)cc2F)c(OC)c1. The van der Waals surface area contributed by atoms with Crippen molar-refractivity contribution in [1.82, 2.24) is 9.59 Å². The minimum absolute atomic E-state index is 0.0439. The largest absolute Gasteiger partial charge is 0.497 e. The summed E-state index contributed by atoms with van der Waals surface area (Å²) >= 11 is 7.13. The van der Waals surface area contributed by atoms with Gasteiger partial charge < -0.3 is 19.9 Å². The molecule has 2 N–H and O–H groups in total. The van der Waals surface area contributed by atoms with Gasteiger partial charge in [-0.05, 0) is 37.1 Å². The number of rotatable bonds is 12. The summed E-state index contributed by atoms with van der Waals surface area (Å²) in [5, 5.41) is 15.8. The first-order valence-corrected chi connectivity index (χ1v) is 12.8. The Balaban J connectivity index is 1.98. The molecule has 3 rings (SSSR count). The number of unbranched alkanes of at least 4 members (excludes halogenated alkanes) is 1. The van der Waals surface area contributed by atoms with Gasteiger partial charge in [0, 0.05) is 36.3 Å². The molecule has 0 aliphatic carbocycles. The van der Waals surface area contributed by atoms with E-state index in [1.54, 1.807) is 18.2 Å². The smallest absolute Gasteiger partial charge is 0.268 e. The number of ether oxygens (including phenoxy) is 2. The number of nitrogens with one attached hydrogen (secondary N) is 1. The maximum absolute atomic E-state index is 15.1. The summed E-state index contributed by atoms with van der Waals surface area (Å²) in [5.74, 6) is -0.0226. The fraction of sp³-hybridized carbons (Fsp3) is 0.333. The monoisotopic (exact) mass is 530 g/mol. The van der Waals surface area contributed by atoms with Gasteiger partial charge in [-0.3, -0.25) is 0 Å². The predicted octanol–water partition coefficient (Wildman–Crippen LogP) is 3.93. The molecular formula is C21H24ClFN4O5S2. The normalized spacial score (nSPS) is 11.3. The highest BCUT2D eigenvalue weighted by atomic mass is 35.5. The van der Waals surface area contributed by atoms with Gasteiger partial charge in [0.05, 0.1) is 37.7 Å². The number of hydrogen-bond acceptors (Lipinski definition) is 9. The van der Waals surface area contributed by atoms with Crippen LogP contribution in [0.3, 0.4) is 0 Å². The van der Waals surface area contributed by atoms with Crippen LogP contribution in [0.2, 0.25) is 5.02 Å². The number of aromatic nitrogens is 2. The Morgan fingerprint density at radius 1 is 1.21 bits per heavy atom. The van der Waals surface area contributed by atoms with Crippen LogP contribution in [0.25, 0.3) is 0 Å². The Hall–Kier alpha value is -2.67. The second-order valence-corrected chi connectivity index (χ2v) is 10.1. The van der Waals surface area contributed by atoms with Gasteiger partial charge in [-0.25, -0.2) is 17.1 Å². The summed E-state index contributed by atoms with van der Waals surface area (Å²) in [5.41, 5.74) is 0.785. The fourth-order valence-electron chi connectivity index (χ4n) is 3.13. The minimum atomic E-state index is -4.41. The molecule has 0 aliphatic heterocycles. The van der Waals surface area contributed by atoms with E-state index in [0.29, 0.717) is 36.4 Å². The maximum atomic E-state index is 15.1. The Morgan fingerprint density at radius 2 is 2.00 bits per heavy atom. The quantitative estimate of drug-likeness (QED) is 0.339. The van der Waals surface area contributed by atoms with Crippen LogP contribution in [0.1, 0.15) is 18.4 Å². The van der Waals surface area contributed by atoms with Crippen LogP contribution < -0.4 is 19.1 Å². The van der Waals surface area contributed by atoms with Crippen molar-refractivity contribution in [1.29, 1.82) is 0 Å². The number of aliphatic hydroxyl groups excluding tert-OH is 1. The average Bonchev–Trinajstić information content (AvgIpc) is 3.36. The van der Waals surface area contributed by atoms with Crippen molar-refractivity contribution in [2.24, 2.45) is 0 Å². The molecule has 0 spiro atoms. The van der Waals surface area contributed by atoms with Crippen LogP contribution in [-0.4, -0.2) is 50.5 Å². The van der Waals surface area contributed by atoms with Crippen molar-refractivity contribution >= 4 is 43.8 Å². The van der Waals surface area contributed by atoms with Gasteiger partial charge in [0.1, 0.15) is 27.2 Å². The molecular weight excluding hydrogens is 507 g/mol. The minimum Gasteiger partial charge on any atom is -0.497 e. The summed E-state index contributed by atoms with van der Waals surface area (Å²) in [6.45, 7) is 0.321. The van der Waals surface area contributed by atoms with Gasteiger partial charge in [0.2, 0.25) is 0 Å². The van der Waals surface area contributed by atoms with E-state index in [0.717, 1.165) is 28.0 Å². The molecule has 9 nitrogen and oxygen atoms in total. The van der Waals surface area contributed by atoms with Gasteiger partial charge in [-0.15, -0.1) is 5.10 Å². The van der Waals surface area contributed by atoms with Gasteiger partial charge >= 0.3 is 0 Å².